The first-order valence-corrected chi connectivity index (χ1v) is 5.83. The van der Waals surface area contributed by atoms with Crippen LogP contribution in [0, 0.1) is 11.6 Å². The molecule has 1 aromatic carbocycles. The molecule has 0 aliphatic heterocycles. The second-order valence-corrected chi connectivity index (χ2v) is 4.38. The summed E-state index contributed by atoms with van der Waals surface area (Å²) < 4.78 is 110. The van der Waals surface area contributed by atoms with Crippen molar-refractivity contribution in [3.05, 3.63) is 22.8 Å². The van der Waals surface area contributed by atoms with E-state index in [1.165, 1.54) is 6.92 Å². The molecule has 0 unspecified atom stereocenters. The highest BCUT2D eigenvalue weighted by molar-refractivity contribution is 5.63. The van der Waals surface area contributed by atoms with E-state index >= 15 is 0 Å². The molecule has 0 fully saturated rings. The zero-order chi connectivity index (χ0) is 17.5. The van der Waals surface area contributed by atoms with Crippen LogP contribution in [0.4, 0.5) is 40.8 Å². The van der Waals surface area contributed by atoms with Gasteiger partial charge in [-0.05, 0) is 6.92 Å². The smallest absolute Gasteiger partial charge is 0.422 e. The summed E-state index contributed by atoms with van der Waals surface area (Å²) in [6, 6.07) is 0. The van der Waals surface area contributed by atoms with E-state index < -0.39 is 53.2 Å². The van der Waals surface area contributed by atoms with Gasteiger partial charge in [0.25, 0.3) is 0 Å². The molecule has 22 heavy (non-hydrogen) atoms. The van der Waals surface area contributed by atoms with Crippen LogP contribution in [-0.4, -0.2) is 20.7 Å². The Morgan fingerprint density at radius 1 is 0.864 bits per heavy atom. The zero-order valence-electron chi connectivity index (χ0n) is 11.6. The highest BCUT2D eigenvalue weighted by Crippen LogP contribution is 2.49. The van der Waals surface area contributed by atoms with Crippen molar-refractivity contribution in [2.24, 2.45) is 0 Å². The van der Waals surface area contributed by atoms with Crippen LogP contribution < -0.4 is 9.64 Å². The van der Waals surface area contributed by atoms with Crippen LogP contribution in [0.5, 0.6) is 5.75 Å². The lowest BCUT2D eigenvalue weighted by molar-refractivity contribution is -0.148. The monoisotopic (exact) mass is 337 g/mol. The molecule has 0 amide bonds. The Bertz CT molecular complexity index is 562. The molecule has 0 radical (unpaired) electrons. The minimum atomic E-state index is -5.56. The molecule has 2 nitrogen and oxygen atoms in total. The van der Waals surface area contributed by atoms with Gasteiger partial charge >= 0.3 is 12.4 Å². The Hall–Kier alpha value is -1.74. The quantitative estimate of drug-likeness (QED) is 0.755. The van der Waals surface area contributed by atoms with Gasteiger partial charge in [0.1, 0.15) is 11.1 Å². The molecule has 0 saturated heterocycles. The van der Waals surface area contributed by atoms with E-state index in [1.54, 1.807) is 0 Å². The highest BCUT2D eigenvalue weighted by Gasteiger charge is 2.48. The molecule has 0 heterocycles. The number of rotatable bonds is 3. The Morgan fingerprint density at radius 3 is 1.64 bits per heavy atom. The van der Waals surface area contributed by atoms with Crippen molar-refractivity contribution >= 4 is 5.69 Å². The topological polar surface area (TPSA) is 12.5 Å². The summed E-state index contributed by atoms with van der Waals surface area (Å²) in [5.74, 6) is -6.13. The van der Waals surface area contributed by atoms with Crippen molar-refractivity contribution in [2.45, 2.75) is 19.3 Å². The average molecular weight is 337 g/mol. The SMILES string of the molecule is CCOc1c(F)c(N(C)C)c(C(F)(F)F)c(F)c1C(F)(F)F. The number of alkyl halides is 6. The third-order valence-corrected chi connectivity index (χ3v) is 2.61. The van der Waals surface area contributed by atoms with Gasteiger partial charge in [0, 0.05) is 14.1 Å². The van der Waals surface area contributed by atoms with E-state index in [0.717, 1.165) is 14.1 Å². The lowest BCUT2D eigenvalue weighted by Gasteiger charge is -2.25. The van der Waals surface area contributed by atoms with Crippen LogP contribution >= 0.6 is 0 Å². The number of halogens is 8. The first-order chi connectivity index (χ1) is 9.84. The fourth-order valence-corrected chi connectivity index (χ4v) is 1.87. The third-order valence-electron chi connectivity index (χ3n) is 2.61. The molecular formula is C12H11F8NO. The normalized spacial score (nSPS) is 12.5. The summed E-state index contributed by atoms with van der Waals surface area (Å²) in [5.41, 5.74) is -6.10. The van der Waals surface area contributed by atoms with Gasteiger partial charge in [0.15, 0.2) is 17.4 Å². The van der Waals surface area contributed by atoms with E-state index in [9.17, 15) is 35.1 Å². The largest absolute Gasteiger partial charge is 0.490 e. The molecule has 0 aromatic heterocycles. The number of benzene rings is 1. The minimum absolute atomic E-state index is 0.488. The molecule has 1 rings (SSSR count). The van der Waals surface area contributed by atoms with Crippen molar-refractivity contribution in [2.75, 3.05) is 25.6 Å². The summed E-state index contributed by atoms with van der Waals surface area (Å²) >= 11 is 0. The molecule has 126 valence electrons. The van der Waals surface area contributed by atoms with E-state index in [1.807, 2.05) is 0 Å². The second-order valence-electron chi connectivity index (χ2n) is 4.38. The average Bonchev–Trinajstić information content (AvgIpc) is 2.29. The molecule has 0 aliphatic carbocycles. The summed E-state index contributed by atoms with van der Waals surface area (Å²) in [6.07, 6.45) is -11.1. The third kappa shape index (κ3) is 3.20. The Kier molecular flexibility index (Phi) is 4.83. The number of nitrogens with zero attached hydrogens (tertiary/aromatic N) is 1. The van der Waals surface area contributed by atoms with Gasteiger partial charge in [0.05, 0.1) is 12.3 Å². The number of hydrogen-bond donors (Lipinski definition) is 0. The molecule has 1 aromatic rings. The predicted molar refractivity (Wildman–Crippen MR) is 61.9 cm³/mol. The van der Waals surface area contributed by atoms with Crippen LogP contribution in [0.3, 0.4) is 0 Å². The minimum Gasteiger partial charge on any atom is -0.490 e. The van der Waals surface area contributed by atoms with E-state index in [2.05, 4.69) is 4.74 Å². The van der Waals surface area contributed by atoms with Gasteiger partial charge in [-0.25, -0.2) is 8.78 Å². The predicted octanol–water partition coefficient (Wildman–Crippen LogP) is 4.47. The Balaban J connectivity index is 3.99. The van der Waals surface area contributed by atoms with Gasteiger partial charge < -0.3 is 9.64 Å². The number of hydrogen-bond acceptors (Lipinski definition) is 2. The van der Waals surface area contributed by atoms with Crippen molar-refractivity contribution < 1.29 is 39.9 Å². The fraction of sp³-hybridized carbons (Fsp3) is 0.500. The molecule has 0 N–H and O–H groups in total. The first-order valence-electron chi connectivity index (χ1n) is 5.83. The van der Waals surface area contributed by atoms with Crippen LogP contribution in [0.1, 0.15) is 18.1 Å². The van der Waals surface area contributed by atoms with Crippen LogP contribution in [0.2, 0.25) is 0 Å². The molecule has 0 aliphatic rings. The maximum atomic E-state index is 14.1. The second kappa shape index (κ2) is 5.81. The standard InChI is InChI=1S/C12H11F8NO/c1-4-22-10-6(12(18,19)20)7(13)5(11(15,16)17)9(8(10)14)21(2)3/h4H2,1-3H3. The van der Waals surface area contributed by atoms with Gasteiger partial charge in [-0.3, -0.25) is 0 Å². The van der Waals surface area contributed by atoms with Crippen molar-refractivity contribution in [1.29, 1.82) is 0 Å². The van der Waals surface area contributed by atoms with E-state index in [0.29, 0.717) is 4.90 Å². The highest BCUT2D eigenvalue weighted by atomic mass is 19.4. The van der Waals surface area contributed by atoms with E-state index in [-0.39, 0.29) is 0 Å². The molecular weight excluding hydrogens is 326 g/mol. The fourth-order valence-electron chi connectivity index (χ4n) is 1.87. The van der Waals surface area contributed by atoms with Crippen molar-refractivity contribution in [3.63, 3.8) is 0 Å². The van der Waals surface area contributed by atoms with Crippen molar-refractivity contribution in [3.8, 4) is 5.75 Å². The first kappa shape index (κ1) is 18.3. The van der Waals surface area contributed by atoms with Crippen LogP contribution in [-0.2, 0) is 12.4 Å². The van der Waals surface area contributed by atoms with E-state index in [4.69, 9.17) is 0 Å². The Labute approximate surface area is 120 Å². The van der Waals surface area contributed by atoms with Crippen LogP contribution in [0.15, 0.2) is 0 Å². The maximum absolute atomic E-state index is 14.1. The van der Waals surface area contributed by atoms with Gasteiger partial charge in [0.2, 0.25) is 0 Å². The van der Waals surface area contributed by atoms with Gasteiger partial charge in [-0.1, -0.05) is 0 Å². The number of ether oxygens (including phenoxy) is 1. The summed E-state index contributed by atoms with van der Waals surface area (Å²) in [7, 11) is 1.88. The molecule has 0 bridgehead atoms. The molecule has 0 spiro atoms. The maximum Gasteiger partial charge on any atom is 0.422 e. The number of anilines is 1. The van der Waals surface area contributed by atoms with Gasteiger partial charge in [-0.2, -0.15) is 26.3 Å². The summed E-state index contributed by atoms with van der Waals surface area (Å²) in [4.78, 5) is 0.532. The summed E-state index contributed by atoms with van der Waals surface area (Å²) in [5, 5.41) is 0. The summed E-state index contributed by atoms with van der Waals surface area (Å²) in [6.45, 7) is 0.697. The molecule has 10 heteroatoms. The van der Waals surface area contributed by atoms with Crippen molar-refractivity contribution in [1.82, 2.24) is 0 Å². The lowest BCUT2D eigenvalue weighted by Crippen LogP contribution is -2.24. The van der Waals surface area contributed by atoms with Crippen LogP contribution in [0.25, 0.3) is 0 Å². The zero-order valence-corrected chi connectivity index (χ0v) is 11.6. The Morgan fingerprint density at radius 2 is 1.32 bits per heavy atom. The molecule has 0 atom stereocenters. The van der Waals surface area contributed by atoms with Gasteiger partial charge in [-0.15, -0.1) is 0 Å². The molecule has 0 saturated carbocycles. The lowest BCUT2D eigenvalue weighted by atomic mass is 10.0.